The third-order valence-electron chi connectivity index (χ3n) is 3.85. The van der Waals surface area contributed by atoms with Gasteiger partial charge in [-0.2, -0.15) is 0 Å². The number of benzene rings is 1. The van der Waals surface area contributed by atoms with Gasteiger partial charge < -0.3 is 0 Å². The maximum Gasteiger partial charge on any atom is 0.00909 e. The normalized spacial score (nSPS) is 11.8. The first-order chi connectivity index (χ1) is 7.56. The second kappa shape index (κ2) is 5.86. The first-order valence-corrected chi connectivity index (χ1v) is 7.31. The Morgan fingerprint density at radius 1 is 1.12 bits per heavy atom. The van der Waals surface area contributed by atoms with Crippen LogP contribution >= 0.6 is 15.9 Å². The van der Waals surface area contributed by atoms with E-state index in [4.69, 9.17) is 0 Å². The quantitative estimate of drug-likeness (QED) is 0.663. The summed E-state index contributed by atoms with van der Waals surface area (Å²) in [5, 5.41) is 1.10. The van der Waals surface area contributed by atoms with Crippen molar-refractivity contribution in [1.82, 2.24) is 0 Å². The van der Waals surface area contributed by atoms with Crippen molar-refractivity contribution in [3.8, 4) is 0 Å². The van der Waals surface area contributed by atoms with Gasteiger partial charge in [0, 0.05) is 5.33 Å². The molecular weight excluding hydrogens is 260 g/mol. The van der Waals surface area contributed by atoms with Gasteiger partial charge in [0.05, 0.1) is 0 Å². The van der Waals surface area contributed by atoms with E-state index in [9.17, 15) is 0 Å². The number of rotatable bonds is 5. The van der Waals surface area contributed by atoms with Crippen LogP contribution in [0.4, 0.5) is 0 Å². The van der Waals surface area contributed by atoms with Gasteiger partial charge in [0.25, 0.3) is 0 Å². The van der Waals surface area contributed by atoms with E-state index in [1.54, 1.807) is 0 Å². The first-order valence-electron chi connectivity index (χ1n) is 6.19. The van der Waals surface area contributed by atoms with Crippen LogP contribution in [0.2, 0.25) is 0 Å². The highest BCUT2D eigenvalue weighted by atomic mass is 79.9. The lowest BCUT2D eigenvalue weighted by Gasteiger charge is -2.30. The largest absolute Gasteiger partial charge is 0.0922 e. The van der Waals surface area contributed by atoms with Crippen LogP contribution < -0.4 is 0 Å². The van der Waals surface area contributed by atoms with Crippen molar-refractivity contribution in [3.63, 3.8) is 0 Å². The predicted octanol–water partition coefficient (Wildman–Crippen LogP) is 5.05. The highest BCUT2D eigenvalue weighted by Gasteiger charge is 2.25. The number of alkyl halides is 1. The molecule has 1 rings (SSSR count). The Balaban J connectivity index is 2.97. The molecule has 0 saturated heterocycles. The van der Waals surface area contributed by atoms with Crippen molar-refractivity contribution >= 4 is 15.9 Å². The van der Waals surface area contributed by atoms with E-state index < -0.39 is 0 Å². The number of aryl methyl sites for hydroxylation is 2. The average Bonchev–Trinajstić information content (AvgIpc) is 2.31. The topological polar surface area (TPSA) is 0 Å². The summed E-state index contributed by atoms with van der Waals surface area (Å²) in [4.78, 5) is 0. The van der Waals surface area contributed by atoms with Crippen LogP contribution in [-0.4, -0.2) is 5.33 Å². The van der Waals surface area contributed by atoms with Gasteiger partial charge in [-0.05, 0) is 49.7 Å². The molecule has 0 heterocycles. The maximum absolute atomic E-state index is 3.69. The maximum atomic E-state index is 3.69. The van der Waals surface area contributed by atoms with Crippen LogP contribution in [0.5, 0.6) is 0 Å². The molecule has 90 valence electrons. The Kier molecular flexibility index (Phi) is 5.04. The number of halogens is 1. The fourth-order valence-corrected chi connectivity index (χ4v) is 3.12. The van der Waals surface area contributed by atoms with E-state index in [1.807, 2.05) is 0 Å². The molecule has 0 spiro atoms. The molecule has 0 aliphatic rings. The zero-order chi connectivity index (χ0) is 12.2. The Bertz CT molecular complexity index is 329. The van der Waals surface area contributed by atoms with Crippen LogP contribution in [0.3, 0.4) is 0 Å². The van der Waals surface area contributed by atoms with E-state index in [0.717, 1.165) is 5.33 Å². The van der Waals surface area contributed by atoms with Gasteiger partial charge in [0.1, 0.15) is 0 Å². The lowest BCUT2D eigenvalue weighted by molar-refractivity contribution is 0.306. The molecule has 1 aromatic carbocycles. The summed E-state index contributed by atoms with van der Waals surface area (Å²) >= 11 is 3.69. The summed E-state index contributed by atoms with van der Waals surface area (Å²) in [6.07, 6.45) is 3.67. The van der Waals surface area contributed by atoms with Crippen molar-refractivity contribution in [1.29, 1.82) is 0 Å². The van der Waals surface area contributed by atoms with Gasteiger partial charge in [-0.15, -0.1) is 0 Å². The minimum absolute atomic E-state index is 0.429. The molecular formula is C15H23Br. The standard InChI is InChI=1S/C15H23Br/c1-5-15(6-2,11-16)10-14-9-12(3)7-8-13(14)4/h7-9H,5-6,10-11H2,1-4H3. The van der Waals surface area contributed by atoms with E-state index >= 15 is 0 Å². The monoisotopic (exact) mass is 282 g/mol. The second-order valence-electron chi connectivity index (χ2n) is 4.95. The third-order valence-corrected chi connectivity index (χ3v) is 5.04. The highest BCUT2D eigenvalue weighted by molar-refractivity contribution is 9.09. The summed E-state index contributed by atoms with van der Waals surface area (Å²) in [5.74, 6) is 0. The van der Waals surface area contributed by atoms with Crippen molar-refractivity contribution < 1.29 is 0 Å². The van der Waals surface area contributed by atoms with E-state index in [-0.39, 0.29) is 0 Å². The molecule has 0 saturated carbocycles. The lowest BCUT2D eigenvalue weighted by Crippen LogP contribution is -2.24. The van der Waals surface area contributed by atoms with Gasteiger partial charge in [-0.25, -0.2) is 0 Å². The van der Waals surface area contributed by atoms with Crippen LogP contribution in [0.1, 0.15) is 43.4 Å². The minimum atomic E-state index is 0.429. The molecule has 0 amide bonds. The zero-order valence-corrected chi connectivity index (χ0v) is 12.5. The van der Waals surface area contributed by atoms with Gasteiger partial charge in [0.15, 0.2) is 0 Å². The molecule has 0 aliphatic heterocycles. The molecule has 1 aromatic rings. The molecule has 0 aromatic heterocycles. The Morgan fingerprint density at radius 3 is 2.25 bits per heavy atom. The summed E-state index contributed by atoms with van der Waals surface area (Å²) in [6, 6.07) is 6.79. The summed E-state index contributed by atoms with van der Waals surface area (Å²) < 4.78 is 0. The molecule has 0 atom stereocenters. The molecule has 16 heavy (non-hydrogen) atoms. The third kappa shape index (κ3) is 3.10. The molecule has 0 radical (unpaired) electrons. The summed E-state index contributed by atoms with van der Waals surface area (Å²) in [5.41, 5.74) is 4.75. The molecule has 0 N–H and O–H groups in total. The molecule has 1 heteroatoms. The molecule has 0 unspecified atom stereocenters. The Morgan fingerprint density at radius 2 is 1.75 bits per heavy atom. The fourth-order valence-electron chi connectivity index (χ4n) is 2.13. The SMILES string of the molecule is CCC(CC)(CBr)Cc1cc(C)ccc1C. The van der Waals surface area contributed by atoms with Crippen LogP contribution in [0.25, 0.3) is 0 Å². The lowest BCUT2D eigenvalue weighted by atomic mass is 9.78. The Labute approximate surface area is 109 Å². The minimum Gasteiger partial charge on any atom is -0.0922 e. The molecule has 0 aliphatic carbocycles. The molecule has 0 bridgehead atoms. The second-order valence-corrected chi connectivity index (χ2v) is 5.51. The Hall–Kier alpha value is -0.300. The van der Waals surface area contributed by atoms with Gasteiger partial charge in [0.2, 0.25) is 0 Å². The van der Waals surface area contributed by atoms with E-state index in [0.29, 0.717) is 5.41 Å². The summed E-state index contributed by atoms with van der Waals surface area (Å²) in [7, 11) is 0. The van der Waals surface area contributed by atoms with Gasteiger partial charge >= 0.3 is 0 Å². The fraction of sp³-hybridized carbons (Fsp3) is 0.600. The molecule has 0 fully saturated rings. The average molecular weight is 283 g/mol. The van der Waals surface area contributed by atoms with E-state index in [2.05, 4.69) is 61.8 Å². The van der Waals surface area contributed by atoms with Crippen LogP contribution in [0.15, 0.2) is 18.2 Å². The number of hydrogen-bond acceptors (Lipinski definition) is 0. The van der Waals surface area contributed by atoms with E-state index in [1.165, 1.54) is 36.0 Å². The number of hydrogen-bond donors (Lipinski definition) is 0. The van der Waals surface area contributed by atoms with Crippen LogP contribution in [0, 0.1) is 19.3 Å². The summed E-state index contributed by atoms with van der Waals surface area (Å²) in [6.45, 7) is 9.00. The van der Waals surface area contributed by atoms with Gasteiger partial charge in [-0.3, -0.25) is 0 Å². The highest BCUT2D eigenvalue weighted by Crippen LogP contribution is 2.34. The van der Waals surface area contributed by atoms with Crippen molar-refractivity contribution in [2.75, 3.05) is 5.33 Å². The zero-order valence-electron chi connectivity index (χ0n) is 10.9. The predicted molar refractivity (Wildman–Crippen MR) is 76.4 cm³/mol. The van der Waals surface area contributed by atoms with Crippen LogP contribution in [-0.2, 0) is 6.42 Å². The van der Waals surface area contributed by atoms with Crippen molar-refractivity contribution in [2.45, 2.75) is 47.0 Å². The van der Waals surface area contributed by atoms with Crippen molar-refractivity contribution in [3.05, 3.63) is 34.9 Å². The van der Waals surface area contributed by atoms with Crippen molar-refractivity contribution in [2.24, 2.45) is 5.41 Å². The first kappa shape index (κ1) is 13.8. The van der Waals surface area contributed by atoms with Gasteiger partial charge in [-0.1, -0.05) is 53.5 Å². The molecule has 0 nitrogen and oxygen atoms in total. The smallest absolute Gasteiger partial charge is 0.00909 e.